The molecule has 0 saturated heterocycles. The normalized spacial score (nSPS) is 23.6. The second kappa shape index (κ2) is 7.93. The summed E-state index contributed by atoms with van der Waals surface area (Å²) in [6.07, 6.45) is 12.5. The number of benzene rings is 1. The number of carbonyl (C=O) groups is 1. The van der Waals surface area contributed by atoms with E-state index in [0.717, 1.165) is 40.9 Å². The number of nitrogens with one attached hydrogen (secondary N) is 1. The number of aliphatic hydroxyl groups is 1. The second-order valence-corrected chi connectivity index (χ2v) is 9.87. The zero-order valence-electron chi connectivity index (χ0n) is 20.0. The van der Waals surface area contributed by atoms with Gasteiger partial charge in [-0.25, -0.2) is 9.50 Å². The molecule has 4 N–H and O–H groups in total. The number of nitrogen functional groups attached to an aromatic ring is 1. The Balaban J connectivity index is 1.50. The first kappa shape index (κ1) is 22.3. The van der Waals surface area contributed by atoms with Gasteiger partial charge in [0.05, 0.1) is 22.8 Å². The Morgan fingerprint density at radius 3 is 2.72 bits per heavy atom. The largest absolute Gasteiger partial charge is 0.382 e. The Morgan fingerprint density at radius 1 is 1.22 bits per heavy atom. The minimum atomic E-state index is -1.29. The van der Waals surface area contributed by atoms with Crippen molar-refractivity contribution in [2.24, 2.45) is 0 Å². The molecule has 2 saturated carbocycles. The molecule has 0 radical (unpaired) electrons. The summed E-state index contributed by atoms with van der Waals surface area (Å²) in [7, 11) is 1.60. The second-order valence-electron chi connectivity index (χ2n) is 9.87. The maximum absolute atomic E-state index is 13.0. The molecule has 0 bridgehead atoms. The molecular weight excluding hydrogens is 454 g/mol. The third-order valence-electron chi connectivity index (χ3n) is 7.78. The molecule has 3 aromatic heterocycles. The fraction of sp³-hybridized carbons (Fsp3) is 0.333. The van der Waals surface area contributed by atoms with Gasteiger partial charge in [-0.2, -0.15) is 10.2 Å². The molecule has 0 atom stereocenters. The van der Waals surface area contributed by atoms with Gasteiger partial charge in [0, 0.05) is 37.2 Å². The molecule has 36 heavy (non-hydrogen) atoms. The van der Waals surface area contributed by atoms with E-state index in [2.05, 4.69) is 37.2 Å². The van der Waals surface area contributed by atoms with Crippen LogP contribution in [-0.4, -0.2) is 48.0 Å². The fourth-order valence-corrected chi connectivity index (χ4v) is 5.68. The van der Waals surface area contributed by atoms with Crippen LogP contribution in [0.5, 0.6) is 0 Å². The molecule has 4 aromatic rings. The van der Waals surface area contributed by atoms with E-state index in [1.807, 2.05) is 36.5 Å². The number of nitrogens with two attached hydrogens (primary N) is 1. The van der Waals surface area contributed by atoms with Crippen LogP contribution in [0, 0.1) is 12.3 Å². The van der Waals surface area contributed by atoms with Crippen LogP contribution in [0.4, 0.5) is 5.82 Å². The Bertz CT molecular complexity index is 1530. The monoisotopic (exact) mass is 481 g/mol. The lowest BCUT2D eigenvalue weighted by atomic mass is 9.55. The molecule has 2 aliphatic carbocycles. The number of likely N-dealkylation sites (N-methyl/N-ethyl adjacent to an activating group) is 1. The standard InChI is InChI=1S/C27H27N7O2/c1-3-26(36)14-27(15-26,25(35)29-2)18-7-4-6-17(12-18)22-13-20(23-24(28)30-16-32-34(22)23)21-10-11-31-33(21)19-8-5-9-19/h1,4,6-7,10-13,16,19,36H,5,8-9,14-15H2,2H3,(H,29,35)(H2,28,30,32). The average molecular weight is 482 g/mol. The van der Waals surface area contributed by atoms with Crippen LogP contribution in [0.25, 0.3) is 28.0 Å². The molecule has 182 valence electrons. The lowest BCUT2D eigenvalue weighted by molar-refractivity contribution is -0.139. The first-order valence-corrected chi connectivity index (χ1v) is 12.1. The van der Waals surface area contributed by atoms with Crippen molar-refractivity contribution in [3.8, 4) is 34.9 Å². The molecule has 9 heteroatoms. The van der Waals surface area contributed by atoms with Crippen molar-refractivity contribution in [2.45, 2.75) is 49.2 Å². The summed E-state index contributed by atoms with van der Waals surface area (Å²) < 4.78 is 3.86. The first-order valence-electron chi connectivity index (χ1n) is 12.1. The molecule has 1 amide bonds. The number of carbonyl (C=O) groups excluding carboxylic acids is 1. The maximum Gasteiger partial charge on any atom is 0.230 e. The molecule has 2 fully saturated rings. The summed E-state index contributed by atoms with van der Waals surface area (Å²) in [5.74, 6) is 2.64. The number of amides is 1. The third-order valence-corrected chi connectivity index (χ3v) is 7.78. The predicted octanol–water partition coefficient (Wildman–Crippen LogP) is 2.71. The third kappa shape index (κ3) is 3.14. The Hall–Kier alpha value is -4.16. The van der Waals surface area contributed by atoms with Gasteiger partial charge >= 0.3 is 0 Å². The van der Waals surface area contributed by atoms with E-state index in [-0.39, 0.29) is 18.7 Å². The zero-order valence-corrected chi connectivity index (χ0v) is 20.0. The van der Waals surface area contributed by atoms with Gasteiger partial charge in [-0.05, 0) is 43.0 Å². The van der Waals surface area contributed by atoms with Gasteiger partial charge in [-0.3, -0.25) is 9.48 Å². The van der Waals surface area contributed by atoms with E-state index < -0.39 is 11.0 Å². The van der Waals surface area contributed by atoms with Crippen LogP contribution in [-0.2, 0) is 10.2 Å². The van der Waals surface area contributed by atoms with Crippen molar-refractivity contribution in [3.63, 3.8) is 0 Å². The van der Waals surface area contributed by atoms with E-state index in [9.17, 15) is 9.90 Å². The number of rotatable bonds is 5. The van der Waals surface area contributed by atoms with E-state index >= 15 is 0 Å². The van der Waals surface area contributed by atoms with Crippen molar-refractivity contribution in [1.29, 1.82) is 0 Å². The highest BCUT2D eigenvalue weighted by molar-refractivity contribution is 5.92. The summed E-state index contributed by atoms with van der Waals surface area (Å²) >= 11 is 0. The molecule has 2 aliphatic rings. The lowest BCUT2D eigenvalue weighted by Gasteiger charge is -2.49. The van der Waals surface area contributed by atoms with E-state index in [1.54, 1.807) is 11.6 Å². The van der Waals surface area contributed by atoms with Gasteiger partial charge in [0.25, 0.3) is 0 Å². The number of nitrogens with zero attached hydrogens (tertiary/aromatic N) is 5. The van der Waals surface area contributed by atoms with Crippen molar-refractivity contribution in [3.05, 3.63) is 54.5 Å². The van der Waals surface area contributed by atoms with Crippen LogP contribution in [0.2, 0.25) is 0 Å². The SMILES string of the molecule is C#CC1(O)CC(C(=O)NC)(c2cccc(-c3cc(-c4ccnn4C4CCC4)c4c(N)ncnn34)c2)C1. The van der Waals surface area contributed by atoms with Crippen LogP contribution in [0.15, 0.2) is 48.9 Å². The summed E-state index contributed by atoms with van der Waals surface area (Å²) in [5, 5.41) is 22.4. The van der Waals surface area contributed by atoms with Crippen molar-refractivity contribution in [2.75, 3.05) is 12.8 Å². The minimum Gasteiger partial charge on any atom is -0.382 e. The number of anilines is 1. The molecule has 0 spiro atoms. The Morgan fingerprint density at radius 2 is 2.03 bits per heavy atom. The van der Waals surface area contributed by atoms with E-state index in [1.165, 1.54) is 12.7 Å². The van der Waals surface area contributed by atoms with Crippen molar-refractivity contribution >= 4 is 17.2 Å². The maximum atomic E-state index is 13.0. The Kier molecular flexibility index (Phi) is 4.92. The molecule has 9 nitrogen and oxygen atoms in total. The van der Waals surface area contributed by atoms with Gasteiger partial charge in [0.15, 0.2) is 5.82 Å². The molecule has 0 unspecified atom stereocenters. The molecule has 1 aromatic carbocycles. The summed E-state index contributed by atoms with van der Waals surface area (Å²) in [5.41, 5.74) is 9.22. The van der Waals surface area contributed by atoms with Gasteiger partial charge < -0.3 is 16.2 Å². The Labute approximate surface area is 208 Å². The predicted molar refractivity (Wildman–Crippen MR) is 136 cm³/mol. The highest BCUT2D eigenvalue weighted by atomic mass is 16.3. The molecule has 6 rings (SSSR count). The van der Waals surface area contributed by atoms with Crippen LogP contribution < -0.4 is 11.1 Å². The number of hydrogen-bond acceptors (Lipinski definition) is 6. The number of terminal acetylenes is 1. The zero-order chi connectivity index (χ0) is 25.1. The lowest BCUT2D eigenvalue weighted by Crippen LogP contribution is -2.60. The number of aromatic nitrogens is 5. The van der Waals surface area contributed by atoms with Gasteiger partial charge in [-0.15, -0.1) is 6.42 Å². The number of hydrogen-bond donors (Lipinski definition) is 3. The number of fused-ring (bicyclic) bond motifs is 1. The smallest absolute Gasteiger partial charge is 0.230 e. The molecule has 3 heterocycles. The highest BCUT2D eigenvalue weighted by Crippen LogP contribution is 2.51. The van der Waals surface area contributed by atoms with E-state index in [4.69, 9.17) is 12.2 Å². The highest BCUT2D eigenvalue weighted by Gasteiger charge is 2.58. The van der Waals surface area contributed by atoms with Crippen LogP contribution in [0.3, 0.4) is 0 Å². The van der Waals surface area contributed by atoms with Crippen LogP contribution in [0.1, 0.15) is 43.7 Å². The van der Waals surface area contributed by atoms with Crippen molar-refractivity contribution in [1.82, 2.24) is 29.7 Å². The van der Waals surface area contributed by atoms with Gasteiger partial charge in [0.1, 0.15) is 17.4 Å². The van der Waals surface area contributed by atoms with Gasteiger partial charge in [-0.1, -0.05) is 24.1 Å². The summed E-state index contributed by atoms with van der Waals surface area (Å²) in [6.45, 7) is 0. The topological polar surface area (TPSA) is 123 Å². The quantitative estimate of drug-likeness (QED) is 0.377. The van der Waals surface area contributed by atoms with Gasteiger partial charge in [0.2, 0.25) is 5.91 Å². The summed E-state index contributed by atoms with van der Waals surface area (Å²) in [4.78, 5) is 17.2. The first-order chi connectivity index (χ1) is 17.4. The average Bonchev–Trinajstić information content (AvgIpc) is 3.46. The molecular formula is C27H27N7O2. The minimum absolute atomic E-state index is 0.162. The van der Waals surface area contributed by atoms with Crippen LogP contribution >= 0.6 is 0 Å². The molecule has 0 aliphatic heterocycles. The summed E-state index contributed by atoms with van der Waals surface area (Å²) in [6, 6.07) is 12.2. The van der Waals surface area contributed by atoms with E-state index in [0.29, 0.717) is 17.4 Å². The fourth-order valence-electron chi connectivity index (χ4n) is 5.68. The van der Waals surface area contributed by atoms with Crippen molar-refractivity contribution < 1.29 is 9.90 Å².